The number of halogens is 1. The lowest BCUT2D eigenvalue weighted by Crippen LogP contribution is -2.24. The highest BCUT2D eigenvalue weighted by Crippen LogP contribution is 2.15. The fourth-order valence-electron chi connectivity index (χ4n) is 1.78. The van der Waals surface area contributed by atoms with E-state index in [4.69, 9.17) is 4.42 Å². The van der Waals surface area contributed by atoms with Crippen LogP contribution in [0.25, 0.3) is 5.69 Å². The average molecular weight is 348 g/mol. The van der Waals surface area contributed by atoms with Gasteiger partial charge in [-0.1, -0.05) is 22.0 Å². The van der Waals surface area contributed by atoms with Gasteiger partial charge in [0, 0.05) is 4.47 Å². The zero-order chi connectivity index (χ0) is 14.7. The van der Waals surface area contributed by atoms with Crippen LogP contribution in [-0.4, -0.2) is 26.1 Å². The Kier molecular flexibility index (Phi) is 3.78. The first-order valence-electron chi connectivity index (χ1n) is 6.09. The molecule has 2 heterocycles. The van der Waals surface area contributed by atoms with E-state index in [1.165, 1.54) is 6.26 Å². The maximum atomic E-state index is 11.8. The number of tetrazole rings is 1. The van der Waals surface area contributed by atoms with Crippen molar-refractivity contribution >= 4 is 21.8 Å². The van der Waals surface area contributed by atoms with Gasteiger partial charge in [0.2, 0.25) is 0 Å². The van der Waals surface area contributed by atoms with E-state index in [1.54, 1.807) is 16.8 Å². The van der Waals surface area contributed by atoms with Gasteiger partial charge in [0.25, 0.3) is 5.91 Å². The highest BCUT2D eigenvalue weighted by molar-refractivity contribution is 9.10. The molecule has 0 spiro atoms. The second kappa shape index (κ2) is 5.88. The van der Waals surface area contributed by atoms with Gasteiger partial charge in [-0.25, -0.2) is 0 Å². The minimum absolute atomic E-state index is 0.193. The summed E-state index contributed by atoms with van der Waals surface area (Å²) in [5, 5.41) is 14.2. The van der Waals surface area contributed by atoms with Gasteiger partial charge in [-0.2, -0.15) is 4.68 Å². The molecule has 3 aromatic rings. The van der Waals surface area contributed by atoms with E-state index in [0.29, 0.717) is 5.82 Å². The molecule has 106 valence electrons. The molecule has 0 radical (unpaired) electrons. The summed E-state index contributed by atoms with van der Waals surface area (Å²) < 4.78 is 7.50. The molecule has 0 fully saturated rings. The predicted octanol–water partition coefficient (Wildman–Crippen LogP) is 1.95. The standard InChI is InChI=1S/C13H10BrN5O2/c14-9-3-1-4-10(7-9)19-12(16-17-18-19)8-15-13(20)11-5-2-6-21-11/h1-7H,8H2,(H,15,20). The zero-order valence-corrected chi connectivity index (χ0v) is 12.3. The van der Waals surface area contributed by atoms with Gasteiger partial charge in [0.1, 0.15) is 0 Å². The van der Waals surface area contributed by atoms with Crippen LogP contribution >= 0.6 is 15.9 Å². The number of carbonyl (C=O) groups is 1. The molecule has 21 heavy (non-hydrogen) atoms. The van der Waals surface area contributed by atoms with Crippen LogP contribution in [0, 0.1) is 0 Å². The minimum Gasteiger partial charge on any atom is -0.459 e. The molecule has 1 amide bonds. The number of rotatable bonds is 4. The summed E-state index contributed by atoms with van der Waals surface area (Å²) in [5.74, 6) is 0.452. The lowest BCUT2D eigenvalue weighted by atomic mass is 10.3. The van der Waals surface area contributed by atoms with E-state index in [9.17, 15) is 4.79 Å². The zero-order valence-electron chi connectivity index (χ0n) is 10.7. The van der Waals surface area contributed by atoms with Crippen LogP contribution in [0.4, 0.5) is 0 Å². The number of nitrogens with one attached hydrogen (secondary N) is 1. The molecule has 0 aliphatic rings. The second-order valence-corrected chi connectivity index (χ2v) is 5.06. The smallest absolute Gasteiger partial charge is 0.287 e. The van der Waals surface area contributed by atoms with Crippen molar-refractivity contribution in [2.75, 3.05) is 0 Å². The van der Waals surface area contributed by atoms with E-state index in [-0.39, 0.29) is 18.2 Å². The molecule has 0 saturated heterocycles. The van der Waals surface area contributed by atoms with Crippen molar-refractivity contribution in [3.63, 3.8) is 0 Å². The van der Waals surface area contributed by atoms with Gasteiger partial charge < -0.3 is 9.73 Å². The predicted molar refractivity (Wildman–Crippen MR) is 76.7 cm³/mol. The van der Waals surface area contributed by atoms with Crippen LogP contribution < -0.4 is 5.32 Å². The number of amides is 1. The molecule has 2 aromatic heterocycles. The van der Waals surface area contributed by atoms with Crippen LogP contribution in [0.3, 0.4) is 0 Å². The summed E-state index contributed by atoms with van der Waals surface area (Å²) in [4.78, 5) is 11.8. The van der Waals surface area contributed by atoms with Gasteiger partial charge in [-0.3, -0.25) is 4.79 Å². The Balaban J connectivity index is 1.76. The molecule has 0 saturated carbocycles. The normalized spacial score (nSPS) is 10.5. The first-order chi connectivity index (χ1) is 10.2. The summed E-state index contributed by atoms with van der Waals surface area (Å²) in [6, 6.07) is 10.8. The first-order valence-corrected chi connectivity index (χ1v) is 6.88. The Morgan fingerprint density at radius 2 is 2.24 bits per heavy atom. The molecule has 0 aliphatic heterocycles. The van der Waals surface area contributed by atoms with Crippen LogP contribution in [0.5, 0.6) is 0 Å². The fraction of sp³-hybridized carbons (Fsp3) is 0.0769. The quantitative estimate of drug-likeness (QED) is 0.779. The summed E-state index contributed by atoms with van der Waals surface area (Å²) in [7, 11) is 0. The lowest BCUT2D eigenvalue weighted by molar-refractivity contribution is 0.0922. The van der Waals surface area contributed by atoms with E-state index in [1.807, 2.05) is 24.3 Å². The van der Waals surface area contributed by atoms with Crippen molar-refractivity contribution < 1.29 is 9.21 Å². The molecule has 7 nitrogen and oxygen atoms in total. The van der Waals surface area contributed by atoms with Crippen molar-refractivity contribution in [3.8, 4) is 5.69 Å². The minimum atomic E-state index is -0.316. The lowest BCUT2D eigenvalue weighted by Gasteiger charge is -2.05. The molecule has 0 unspecified atom stereocenters. The van der Waals surface area contributed by atoms with Crippen LogP contribution in [0.2, 0.25) is 0 Å². The SMILES string of the molecule is O=C(NCc1nnnn1-c1cccc(Br)c1)c1ccco1. The van der Waals surface area contributed by atoms with Crippen molar-refractivity contribution in [3.05, 3.63) is 58.7 Å². The maximum Gasteiger partial charge on any atom is 0.287 e. The summed E-state index contributed by atoms with van der Waals surface area (Å²) in [6.07, 6.45) is 1.44. The molecule has 0 bridgehead atoms. The topological polar surface area (TPSA) is 85.8 Å². The molecular formula is C13H10BrN5O2. The van der Waals surface area contributed by atoms with Crippen molar-refractivity contribution in [1.29, 1.82) is 0 Å². The molecule has 0 aliphatic carbocycles. The third-order valence-corrected chi connectivity index (χ3v) is 3.23. The number of nitrogens with zero attached hydrogens (tertiary/aromatic N) is 4. The highest BCUT2D eigenvalue weighted by atomic mass is 79.9. The maximum absolute atomic E-state index is 11.8. The Morgan fingerprint density at radius 3 is 3.00 bits per heavy atom. The number of furan rings is 1. The highest BCUT2D eigenvalue weighted by Gasteiger charge is 2.12. The molecular weight excluding hydrogens is 338 g/mol. The number of benzene rings is 1. The summed E-state index contributed by atoms with van der Waals surface area (Å²) >= 11 is 3.40. The third kappa shape index (κ3) is 3.00. The fourth-order valence-corrected chi connectivity index (χ4v) is 2.17. The number of aromatic nitrogens is 4. The summed E-state index contributed by atoms with van der Waals surface area (Å²) in [6.45, 7) is 0.193. The van der Waals surface area contributed by atoms with Gasteiger partial charge >= 0.3 is 0 Å². The van der Waals surface area contributed by atoms with Gasteiger partial charge in [0.05, 0.1) is 18.5 Å². The van der Waals surface area contributed by atoms with E-state index in [0.717, 1.165) is 10.2 Å². The first kappa shape index (κ1) is 13.5. The van der Waals surface area contributed by atoms with Crippen molar-refractivity contribution in [1.82, 2.24) is 25.5 Å². The van der Waals surface area contributed by atoms with E-state index >= 15 is 0 Å². The average Bonchev–Trinajstić information content (AvgIpc) is 3.16. The number of hydrogen-bond donors (Lipinski definition) is 1. The molecule has 1 aromatic carbocycles. The van der Waals surface area contributed by atoms with Gasteiger partial charge in [-0.05, 0) is 40.8 Å². The molecule has 0 atom stereocenters. The van der Waals surface area contributed by atoms with E-state index in [2.05, 4.69) is 36.8 Å². The Morgan fingerprint density at radius 1 is 1.33 bits per heavy atom. The van der Waals surface area contributed by atoms with Crippen molar-refractivity contribution in [2.45, 2.75) is 6.54 Å². The van der Waals surface area contributed by atoms with Crippen LogP contribution in [0.1, 0.15) is 16.4 Å². The Labute approximate surface area is 128 Å². The third-order valence-electron chi connectivity index (χ3n) is 2.74. The Bertz CT molecular complexity index is 754. The molecule has 3 rings (SSSR count). The molecule has 1 N–H and O–H groups in total. The van der Waals surface area contributed by atoms with Crippen molar-refractivity contribution in [2.24, 2.45) is 0 Å². The molecule has 8 heteroatoms. The van der Waals surface area contributed by atoms with Crippen LogP contribution in [-0.2, 0) is 6.54 Å². The Hall–Kier alpha value is -2.48. The van der Waals surface area contributed by atoms with Gasteiger partial charge in [-0.15, -0.1) is 5.10 Å². The largest absolute Gasteiger partial charge is 0.459 e. The van der Waals surface area contributed by atoms with Crippen LogP contribution in [0.15, 0.2) is 51.6 Å². The van der Waals surface area contributed by atoms with Gasteiger partial charge in [0.15, 0.2) is 11.6 Å². The monoisotopic (exact) mass is 347 g/mol. The van der Waals surface area contributed by atoms with E-state index < -0.39 is 0 Å². The summed E-state index contributed by atoms with van der Waals surface area (Å²) in [5.41, 5.74) is 0.802. The number of carbonyl (C=O) groups excluding carboxylic acids is 1. The second-order valence-electron chi connectivity index (χ2n) is 4.15. The number of hydrogen-bond acceptors (Lipinski definition) is 5.